The summed E-state index contributed by atoms with van der Waals surface area (Å²) in [4.78, 5) is 21.5. The Balaban J connectivity index is 3.05. The third-order valence-electron chi connectivity index (χ3n) is 2.06. The molecule has 0 bridgehead atoms. The normalized spacial score (nSPS) is 11.1. The summed E-state index contributed by atoms with van der Waals surface area (Å²) in [6.45, 7) is 1.72. The molecule has 18 heavy (non-hydrogen) atoms. The zero-order valence-corrected chi connectivity index (χ0v) is 9.45. The van der Waals surface area contributed by atoms with Crippen LogP contribution < -0.4 is 0 Å². The zero-order chi connectivity index (χ0) is 13.8. The first-order chi connectivity index (χ1) is 8.36. The van der Waals surface area contributed by atoms with E-state index in [0.717, 1.165) is 12.1 Å². The van der Waals surface area contributed by atoms with Crippen LogP contribution in [0.2, 0.25) is 0 Å². The van der Waals surface area contributed by atoms with Crippen LogP contribution in [0.25, 0.3) is 0 Å². The molecule has 0 aliphatic carbocycles. The number of nitroso groups, excluding NO2 is 1. The summed E-state index contributed by atoms with van der Waals surface area (Å²) in [6.07, 6.45) is -4.93. The second kappa shape index (κ2) is 5.61. The van der Waals surface area contributed by atoms with Gasteiger partial charge in [0.05, 0.1) is 18.6 Å². The van der Waals surface area contributed by atoms with Gasteiger partial charge < -0.3 is 4.74 Å². The van der Waals surface area contributed by atoms with E-state index in [1.165, 1.54) is 0 Å². The van der Waals surface area contributed by atoms with Crippen molar-refractivity contribution in [3.63, 3.8) is 0 Å². The molecule has 0 radical (unpaired) electrons. The molecule has 1 aromatic carbocycles. The van der Waals surface area contributed by atoms with Crippen molar-refractivity contribution in [3.8, 4) is 0 Å². The summed E-state index contributed by atoms with van der Waals surface area (Å²) in [5.41, 5.74) is -1.35. The lowest BCUT2D eigenvalue weighted by atomic mass is 10.1. The van der Waals surface area contributed by atoms with Crippen molar-refractivity contribution >= 4 is 11.7 Å². The molecule has 0 saturated heterocycles. The molecule has 0 amide bonds. The molecule has 7 heteroatoms. The van der Waals surface area contributed by atoms with Gasteiger partial charge in [0.1, 0.15) is 5.69 Å². The van der Waals surface area contributed by atoms with Crippen LogP contribution in [-0.4, -0.2) is 12.6 Å². The van der Waals surface area contributed by atoms with Crippen LogP contribution in [0, 0.1) is 4.91 Å². The lowest BCUT2D eigenvalue weighted by Crippen LogP contribution is -2.10. The SMILES string of the molecule is CCOC(=O)Cc1cc(N=O)cc(C(F)(F)F)c1. The summed E-state index contributed by atoms with van der Waals surface area (Å²) in [5.74, 6) is -0.659. The van der Waals surface area contributed by atoms with Gasteiger partial charge in [-0.3, -0.25) is 4.79 Å². The first kappa shape index (κ1) is 14.1. The number of hydrogen-bond donors (Lipinski definition) is 0. The minimum absolute atomic E-state index is 0.0397. The number of nitrogens with zero attached hydrogens (tertiary/aromatic N) is 1. The minimum atomic E-state index is -4.59. The van der Waals surface area contributed by atoms with Crippen LogP contribution in [0.1, 0.15) is 18.1 Å². The molecule has 98 valence electrons. The van der Waals surface area contributed by atoms with E-state index in [0.29, 0.717) is 6.07 Å². The van der Waals surface area contributed by atoms with Crippen molar-refractivity contribution in [1.29, 1.82) is 0 Å². The Hall–Kier alpha value is -1.92. The van der Waals surface area contributed by atoms with Gasteiger partial charge in [-0.15, -0.1) is 4.91 Å². The number of benzene rings is 1. The van der Waals surface area contributed by atoms with Crippen LogP contribution in [0.15, 0.2) is 23.4 Å². The number of esters is 1. The maximum absolute atomic E-state index is 12.5. The fourth-order valence-electron chi connectivity index (χ4n) is 1.37. The number of carbonyl (C=O) groups is 1. The van der Waals surface area contributed by atoms with E-state index < -0.39 is 17.7 Å². The Morgan fingerprint density at radius 1 is 1.33 bits per heavy atom. The highest BCUT2D eigenvalue weighted by Crippen LogP contribution is 2.32. The maximum Gasteiger partial charge on any atom is 0.416 e. The molecule has 0 saturated carbocycles. The highest BCUT2D eigenvalue weighted by atomic mass is 19.4. The fraction of sp³-hybridized carbons (Fsp3) is 0.364. The Morgan fingerprint density at radius 2 is 2.00 bits per heavy atom. The monoisotopic (exact) mass is 261 g/mol. The molecule has 1 aromatic rings. The Morgan fingerprint density at radius 3 is 2.50 bits per heavy atom. The smallest absolute Gasteiger partial charge is 0.416 e. The second-order valence-corrected chi connectivity index (χ2v) is 3.46. The van der Waals surface area contributed by atoms with E-state index in [9.17, 15) is 22.9 Å². The van der Waals surface area contributed by atoms with Crippen molar-refractivity contribution in [2.75, 3.05) is 6.61 Å². The Labute approximate surface area is 101 Å². The average molecular weight is 261 g/mol. The van der Waals surface area contributed by atoms with E-state index in [4.69, 9.17) is 0 Å². The summed E-state index contributed by atoms with van der Waals surface area (Å²) in [7, 11) is 0. The lowest BCUT2D eigenvalue weighted by Gasteiger charge is -2.09. The van der Waals surface area contributed by atoms with Gasteiger partial charge in [-0.05, 0) is 35.9 Å². The van der Waals surface area contributed by atoms with E-state index in [1.54, 1.807) is 6.92 Å². The summed E-state index contributed by atoms with van der Waals surface area (Å²) in [6, 6.07) is 2.55. The highest BCUT2D eigenvalue weighted by molar-refractivity contribution is 5.73. The van der Waals surface area contributed by atoms with Gasteiger partial charge in [0.15, 0.2) is 0 Å². The Bertz CT molecular complexity index is 457. The van der Waals surface area contributed by atoms with E-state index in [1.807, 2.05) is 0 Å². The minimum Gasteiger partial charge on any atom is -0.466 e. The summed E-state index contributed by atoms with van der Waals surface area (Å²) in [5, 5.41) is 2.46. The molecule has 1 rings (SSSR count). The molecule has 0 fully saturated rings. The van der Waals surface area contributed by atoms with Crippen molar-refractivity contribution in [3.05, 3.63) is 34.2 Å². The molecular formula is C11H10F3NO3. The van der Waals surface area contributed by atoms with Gasteiger partial charge in [-0.1, -0.05) is 0 Å². The molecule has 0 aliphatic heterocycles. The number of halogens is 3. The van der Waals surface area contributed by atoms with Crippen LogP contribution in [-0.2, 0) is 22.1 Å². The fourth-order valence-corrected chi connectivity index (χ4v) is 1.37. The van der Waals surface area contributed by atoms with E-state index >= 15 is 0 Å². The standard InChI is InChI=1S/C11H10F3NO3/c1-2-18-10(16)5-7-3-8(11(12,13)14)6-9(4-7)15-17/h3-4,6H,2,5H2,1H3. The van der Waals surface area contributed by atoms with Gasteiger partial charge in [0.2, 0.25) is 0 Å². The third kappa shape index (κ3) is 3.83. The number of ether oxygens (including phenoxy) is 1. The first-order valence-electron chi connectivity index (χ1n) is 5.07. The average Bonchev–Trinajstić information content (AvgIpc) is 2.27. The van der Waals surface area contributed by atoms with Gasteiger partial charge in [-0.2, -0.15) is 13.2 Å². The second-order valence-electron chi connectivity index (χ2n) is 3.46. The topological polar surface area (TPSA) is 55.7 Å². The van der Waals surface area contributed by atoms with Crippen LogP contribution in [0.3, 0.4) is 0 Å². The molecule has 4 nitrogen and oxygen atoms in total. The molecule has 0 aliphatic rings. The van der Waals surface area contributed by atoms with Gasteiger partial charge in [0.25, 0.3) is 0 Å². The van der Waals surface area contributed by atoms with Crippen molar-refractivity contribution in [1.82, 2.24) is 0 Å². The molecule has 0 heterocycles. The van der Waals surface area contributed by atoms with Gasteiger partial charge >= 0.3 is 12.1 Å². The molecular weight excluding hydrogens is 251 g/mol. The molecule has 0 atom stereocenters. The summed E-state index contributed by atoms with van der Waals surface area (Å²) < 4.78 is 42.1. The zero-order valence-electron chi connectivity index (χ0n) is 9.45. The van der Waals surface area contributed by atoms with Gasteiger partial charge in [0, 0.05) is 0 Å². The van der Waals surface area contributed by atoms with E-state index in [2.05, 4.69) is 9.91 Å². The quantitative estimate of drug-likeness (QED) is 0.617. The number of alkyl halides is 3. The summed E-state index contributed by atoms with van der Waals surface area (Å²) >= 11 is 0. The van der Waals surface area contributed by atoms with Crippen molar-refractivity contribution in [2.24, 2.45) is 5.18 Å². The number of carbonyl (C=O) groups excluding carboxylic acids is 1. The predicted octanol–water partition coefficient (Wildman–Crippen LogP) is 3.21. The molecule has 0 unspecified atom stereocenters. The molecule has 0 spiro atoms. The van der Waals surface area contributed by atoms with Gasteiger partial charge in [-0.25, -0.2) is 0 Å². The van der Waals surface area contributed by atoms with E-state index in [-0.39, 0.29) is 24.3 Å². The Kier molecular flexibility index (Phi) is 4.41. The predicted molar refractivity (Wildman–Crippen MR) is 57.2 cm³/mol. The van der Waals surface area contributed by atoms with Crippen molar-refractivity contribution < 1.29 is 22.7 Å². The number of rotatable bonds is 4. The lowest BCUT2D eigenvalue weighted by molar-refractivity contribution is -0.142. The van der Waals surface area contributed by atoms with Crippen molar-refractivity contribution in [2.45, 2.75) is 19.5 Å². The van der Waals surface area contributed by atoms with Crippen LogP contribution >= 0.6 is 0 Å². The number of hydrogen-bond acceptors (Lipinski definition) is 4. The maximum atomic E-state index is 12.5. The highest BCUT2D eigenvalue weighted by Gasteiger charge is 2.31. The van der Waals surface area contributed by atoms with Crippen LogP contribution in [0.4, 0.5) is 18.9 Å². The molecule has 0 aromatic heterocycles. The van der Waals surface area contributed by atoms with Crippen LogP contribution in [0.5, 0.6) is 0 Å². The largest absolute Gasteiger partial charge is 0.466 e. The first-order valence-corrected chi connectivity index (χ1v) is 5.07. The molecule has 0 N–H and O–H groups in total. The third-order valence-corrected chi connectivity index (χ3v) is 2.06.